The Kier molecular flexibility index (Phi) is 3.60. The standard InChI is InChI=1S/C10H15BrN4O/c1-16-7-3-2-6(4-7)15-10-8(11)9(12)13-5-14-10/h5-7H,2-4H2,1H3,(H3,12,13,14,15). The van der Waals surface area contributed by atoms with Crippen molar-refractivity contribution in [3.8, 4) is 0 Å². The summed E-state index contributed by atoms with van der Waals surface area (Å²) in [6.45, 7) is 0. The van der Waals surface area contributed by atoms with E-state index in [2.05, 4.69) is 31.2 Å². The topological polar surface area (TPSA) is 73.1 Å². The number of ether oxygens (including phenoxy) is 1. The smallest absolute Gasteiger partial charge is 0.146 e. The predicted molar refractivity (Wildman–Crippen MR) is 66.2 cm³/mol. The maximum absolute atomic E-state index is 5.69. The van der Waals surface area contributed by atoms with Gasteiger partial charge in [-0.15, -0.1) is 0 Å². The number of nitrogens with zero attached hydrogens (tertiary/aromatic N) is 2. The second kappa shape index (κ2) is 4.97. The molecule has 16 heavy (non-hydrogen) atoms. The van der Waals surface area contributed by atoms with Gasteiger partial charge in [-0.25, -0.2) is 9.97 Å². The van der Waals surface area contributed by atoms with E-state index in [-0.39, 0.29) is 0 Å². The third-order valence-electron chi connectivity index (χ3n) is 2.88. The van der Waals surface area contributed by atoms with Crippen molar-refractivity contribution in [2.75, 3.05) is 18.2 Å². The van der Waals surface area contributed by atoms with E-state index in [1.807, 2.05) is 0 Å². The highest BCUT2D eigenvalue weighted by Gasteiger charge is 2.25. The molecule has 1 aromatic heterocycles. The van der Waals surface area contributed by atoms with Gasteiger partial charge in [0, 0.05) is 13.2 Å². The normalized spacial score (nSPS) is 24.6. The zero-order chi connectivity index (χ0) is 11.5. The molecule has 1 aliphatic carbocycles. The molecule has 2 atom stereocenters. The lowest BCUT2D eigenvalue weighted by atomic mass is 10.2. The number of aromatic nitrogens is 2. The average molecular weight is 287 g/mol. The molecule has 1 aliphatic rings. The van der Waals surface area contributed by atoms with Gasteiger partial charge in [-0.05, 0) is 35.2 Å². The Bertz CT molecular complexity index is 374. The van der Waals surface area contributed by atoms with Gasteiger partial charge in [0.15, 0.2) is 0 Å². The van der Waals surface area contributed by atoms with Crippen LogP contribution in [0.25, 0.3) is 0 Å². The van der Waals surface area contributed by atoms with E-state index >= 15 is 0 Å². The fraction of sp³-hybridized carbons (Fsp3) is 0.600. The molecule has 6 heteroatoms. The monoisotopic (exact) mass is 286 g/mol. The summed E-state index contributed by atoms with van der Waals surface area (Å²) in [6.07, 6.45) is 5.01. The molecule has 0 aromatic carbocycles. The van der Waals surface area contributed by atoms with Crippen LogP contribution >= 0.6 is 15.9 Å². The van der Waals surface area contributed by atoms with Gasteiger partial charge in [0.25, 0.3) is 0 Å². The van der Waals surface area contributed by atoms with E-state index in [1.54, 1.807) is 7.11 Å². The van der Waals surface area contributed by atoms with E-state index in [4.69, 9.17) is 10.5 Å². The molecule has 0 spiro atoms. The first-order chi connectivity index (χ1) is 7.70. The molecule has 1 heterocycles. The minimum atomic E-state index is 0.357. The maximum Gasteiger partial charge on any atom is 0.146 e. The Hall–Kier alpha value is -0.880. The molecule has 1 fully saturated rings. The number of methoxy groups -OCH3 is 1. The number of anilines is 2. The summed E-state index contributed by atoms with van der Waals surface area (Å²) >= 11 is 3.38. The van der Waals surface area contributed by atoms with Crippen LogP contribution in [0.5, 0.6) is 0 Å². The molecular weight excluding hydrogens is 272 g/mol. The molecule has 88 valence electrons. The number of halogens is 1. The number of rotatable bonds is 3. The van der Waals surface area contributed by atoms with Crippen molar-refractivity contribution in [2.24, 2.45) is 0 Å². The fourth-order valence-corrected chi connectivity index (χ4v) is 2.28. The summed E-state index contributed by atoms with van der Waals surface area (Å²) in [5.74, 6) is 1.22. The molecule has 0 amide bonds. The maximum atomic E-state index is 5.69. The SMILES string of the molecule is COC1CCC(Nc2ncnc(N)c2Br)C1. The molecule has 5 nitrogen and oxygen atoms in total. The van der Waals surface area contributed by atoms with Crippen molar-refractivity contribution in [1.29, 1.82) is 0 Å². The Morgan fingerprint density at radius 1 is 1.50 bits per heavy atom. The summed E-state index contributed by atoms with van der Waals surface area (Å²) in [5, 5.41) is 3.36. The first-order valence-electron chi connectivity index (χ1n) is 5.26. The Balaban J connectivity index is 2.02. The molecule has 1 aromatic rings. The first-order valence-corrected chi connectivity index (χ1v) is 6.05. The fourth-order valence-electron chi connectivity index (χ4n) is 1.96. The van der Waals surface area contributed by atoms with Gasteiger partial charge < -0.3 is 15.8 Å². The van der Waals surface area contributed by atoms with E-state index < -0.39 is 0 Å². The van der Waals surface area contributed by atoms with Crippen LogP contribution in [0.4, 0.5) is 11.6 Å². The highest BCUT2D eigenvalue weighted by Crippen LogP contribution is 2.29. The molecular formula is C10H15BrN4O. The van der Waals surface area contributed by atoms with Crippen LogP contribution in [0.1, 0.15) is 19.3 Å². The highest BCUT2D eigenvalue weighted by molar-refractivity contribution is 9.10. The Labute approximate surface area is 103 Å². The largest absolute Gasteiger partial charge is 0.383 e. The van der Waals surface area contributed by atoms with Crippen molar-refractivity contribution in [3.63, 3.8) is 0 Å². The first kappa shape index (κ1) is 11.6. The minimum Gasteiger partial charge on any atom is -0.383 e. The predicted octanol–water partition coefficient (Wildman–Crippen LogP) is 1.80. The van der Waals surface area contributed by atoms with Gasteiger partial charge >= 0.3 is 0 Å². The van der Waals surface area contributed by atoms with Gasteiger partial charge in [0.2, 0.25) is 0 Å². The summed E-state index contributed by atoms with van der Waals surface area (Å²) < 4.78 is 6.06. The zero-order valence-corrected chi connectivity index (χ0v) is 10.7. The molecule has 3 N–H and O–H groups in total. The molecule has 0 saturated heterocycles. The van der Waals surface area contributed by atoms with Crippen LogP contribution in [0.3, 0.4) is 0 Å². The second-order valence-electron chi connectivity index (χ2n) is 3.93. The van der Waals surface area contributed by atoms with Crippen LogP contribution in [0.2, 0.25) is 0 Å². The summed E-state index contributed by atoms with van der Waals surface area (Å²) in [4.78, 5) is 8.06. The van der Waals surface area contributed by atoms with Crippen LogP contribution < -0.4 is 11.1 Å². The van der Waals surface area contributed by atoms with E-state index in [0.717, 1.165) is 29.6 Å². The highest BCUT2D eigenvalue weighted by atomic mass is 79.9. The van der Waals surface area contributed by atoms with Crippen molar-refractivity contribution in [1.82, 2.24) is 9.97 Å². The van der Waals surface area contributed by atoms with Crippen molar-refractivity contribution < 1.29 is 4.74 Å². The van der Waals surface area contributed by atoms with Crippen molar-refractivity contribution in [2.45, 2.75) is 31.4 Å². The van der Waals surface area contributed by atoms with E-state index in [0.29, 0.717) is 18.0 Å². The summed E-state index contributed by atoms with van der Waals surface area (Å²) in [5.41, 5.74) is 5.69. The molecule has 0 aliphatic heterocycles. The van der Waals surface area contributed by atoms with Gasteiger partial charge in [-0.1, -0.05) is 0 Å². The van der Waals surface area contributed by atoms with Crippen LogP contribution in [0.15, 0.2) is 10.8 Å². The zero-order valence-electron chi connectivity index (χ0n) is 9.11. The van der Waals surface area contributed by atoms with Crippen LogP contribution in [-0.2, 0) is 4.74 Å². The minimum absolute atomic E-state index is 0.357. The van der Waals surface area contributed by atoms with Crippen molar-refractivity contribution in [3.05, 3.63) is 10.8 Å². The third kappa shape index (κ3) is 2.44. The van der Waals surface area contributed by atoms with Gasteiger partial charge in [0.1, 0.15) is 22.4 Å². The summed E-state index contributed by atoms with van der Waals surface area (Å²) in [6, 6.07) is 0.399. The molecule has 0 radical (unpaired) electrons. The average Bonchev–Trinajstić information content (AvgIpc) is 2.73. The number of hydrogen-bond donors (Lipinski definition) is 2. The number of nitrogens with two attached hydrogens (primary N) is 1. The molecule has 1 saturated carbocycles. The van der Waals surface area contributed by atoms with Crippen LogP contribution in [0, 0.1) is 0 Å². The van der Waals surface area contributed by atoms with Gasteiger partial charge in [-0.2, -0.15) is 0 Å². The van der Waals surface area contributed by atoms with Gasteiger partial charge in [0.05, 0.1) is 6.10 Å². The third-order valence-corrected chi connectivity index (χ3v) is 3.66. The Morgan fingerprint density at radius 3 is 3.00 bits per heavy atom. The number of nitrogens with one attached hydrogen (secondary N) is 1. The number of nitrogen functional groups attached to an aromatic ring is 1. The molecule has 2 unspecified atom stereocenters. The second-order valence-corrected chi connectivity index (χ2v) is 4.73. The molecule has 0 bridgehead atoms. The van der Waals surface area contributed by atoms with Gasteiger partial charge in [-0.3, -0.25) is 0 Å². The number of hydrogen-bond acceptors (Lipinski definition) is 5. The van der Waals surface area contributed by atoms with Crippen LogP contribution in [-0.4, -0.2) is 29.2 Å². The van der Waals surface area contributed by atoms with E-state index in [9.17, 15) is 0 Å². The van der Waals surface area contributed by atoms with Crippen molar-refractivity contribution >= 4 is 27.6 Å². The van der Waals surface area contributed by atoms with E-state index in [1.165, 1.54) is 6.33 Å². The quantitative estimate of drug-likeness (QED) is 0.886. The molecule has 2 rings (SSSR count). The lowest BCUT2D eigenvalue weighted by Crippen LogP contribution is -2.18. The Morgan fingerprint density at radius 2 is 2.31 bits per heavy atom. The lowest BCUT2D eigenvalue weighted by Gasteiger charge is -2.14. The lowest BCUT2D eigenvalue weighted by molar-refractivity contribution is 0.108. The summed E-state index contributed by atoms with van der Waals surface area (Å²) in [7, 11) is 1.76.